The van der Waals surface area contributed by atoms with Gasteiger partial charge in [0.25, 0.3) is 0 Å². The van der Waals surface area contributed by atoms with E-state index < -0.39 is 0 Å². The largest absolute Gasteiger partial charge is 0.507 e. The molecule has 0 fully saturated rings. The molecule has 0 saturated carbocycles. The standard InChI is InChI=1S/C25H18BrFO.C19H14BrFO.C18H12BrFO.C2H6/c1-16-11-13-17(14-12-16)18-5-2-6-19(15-18)20-7-3-8-21(25(20)28)24-22(26)9-4-10-23(24)27;1-22-18-12-14(13-6-3-2-4-7-13)10-11-15(18)19-16(20)8-5-9-17(19)21;19-15-7-4-8-16(20)18(15)14-11-13(9-10-17(14)21)12-5-2-1-3-6-12;1-2/h2-15,28H,1H3;2-12H,1H3;1-11,21H;1-2H3. The molecule has 0 aliphatic heterocycles. The molecule has 0 aliphatic rings. The molecular formula is C64H50Br3F3O3. The Morgan fingerprint density at radius 1 is 0.356 bits per heavy atom. The van der Waals surface area contributed by atoms with Crippen LogP contribution in [-0.2, 0) is 0 Å². The zero-order valence-corrected chi connectivity index (χ0v) is 45.1. The van der Waals surface area contributed by atoms with E-state index in [0.717, 1.165) is 44.5 Å². The van der Waals surface area contributed by atoms with Crippen LogP contribution in [0.2, 0.25) is 0 Å². The topological polar surface area (TPSA) is 49.7 Å². The number of para-hydroxylation sites is 1. The molecule has 0 unspecified atom stereocenters. The molecule has 0 heterocycles. The lowest BCUT2D eigenvalue weighted by Gasteiger charge is -2.13. The fourth-order valence-corrected chi connectivity index (χ4v) is 9.78. The van der Waals surface area contributed by atoms with Gasteiger partial charge < -0.3 is 14.9 Å². The summed E-state index contributed by atoms with van der Waals surface area (Å²) in [6.45, 7) is 6.06. The summed E-state index contributed by atoms with van der Waals surface area (Å²) in [4.78, 5) is 0. The Hall–Kier alpha value is -7.17. The molecule has 9 heteroatoms. The van der Waals surface area contributed by atoms with Gasteiger partial charge in [0.1, 0.15) is 34.7 Å². The fraction of sp³-hybridized carbons (Fsp3) is 0.0625. The van der Waals surface area contributed by atoms with E-state index in [1.165, 1.54) is 23.8 Å². The summed E-state index contributed by atoms with van der Waals surface area (Å²) in [5.74, 6) is -0.262. The van der Waals surface area contributed by atoms with E-state index >= 15 is 0 Å². The predicted octanol–water partition coefficient (Wildman–Crippen LogP) is 20.2. The van der Waals surface area contributed by atoms with Crippen LogP contribution in [0.25, 0.3) is 77.9 Å². The highest BCUT2D eigenvalue weighted by molar-refractivity contribution is 9.11. The summed E-state index contributed by atoms with van der Waals surface area (Å²) in [7, 11) is 1.60. The van der Waals surface area contributed by atoms with E-state index in [0.29, 0.717) is 52.5 Å². The Morgan fingerprint density at radius 3 is 1.29 bits per heavy atom. The summed E-state index contributed by atoms with van der Waals surface area (Å²) in [6, 6.07) is 67.1. The molecule has 0 radical (unpaired) electrons. The minimum Gasteiger partial charge on any atom is -0.507 e. The maximum absolute atomic E-state index is 14.4. The molecule has 0 amide bonds. The monoisotopic (exact) mass is 1160 g/mol. The predicted molar refractivity (Wildman–Crippen MR) is 306 cm³/mol. The Morgan fingerprint density at radius 2 is 0.753 bits per heavy atom. The third kappa shape index (κ3) is 12.9. The number of phenols is 2. The highest BCUT2D eigenvalue weighted by atomic mass is 79.9. The normalized spacial score (nSPS) is 10.4. The van der Waals surface area contributed by atoms with Gasteiger partial charge in [0.2, 0.25) is 0 Å². The Bertz CT molecular complexity index is 3400. The first-order valence-electron chi connectivity index (χ1n) is 23.4. The van der Waals surface area contributed by atoms with Crippen molar-refractivity contribution >= 4 is 47.8 Å². The van der Waals surface area contributed by atoms with Gasteiger partial charge in [-0.05, 0) is 113 Å². The van der Waals surface area contributed by atoms with Crippen molar-refractivity contribution < 1.29 is 28.1 Å². The number of methoxy groups -OCH3 is 1. The molecule has 0 saturated heterocycles. The van der Waals surface area contributed by atoms with Crippen LogP contribution in [0, 0.1) is 24.4 Å². The zero-order chi connectivity index (χ0) is 52.0. The van der Waals surface area contributed by atoms with Crippen LogP contribution in [0.3, 0.4) is 0 Å². The van der Waals surface area contributed by atoms with E-state index in [1.54, 1.807) is 55.6 Å². The van der Waals surface area contributed by atoms with Crippen molar-refractivity contribution in [2.24, 2.45) is 0 Å². The average Bonchev–Trinajstić information content (AvgIpc) is 3.41. The van der Waals surface area contributed by atoms with Crippen LogP contribution < -0.4 is 4.74 Å². The third-order valence-corrected chi connectivity index (χ3v) is 13.7. The lowest BCUT2D eigenvalue weighted by Crippen LogP contribution is -1.92. The minimum atomic E-state index is -0.379. The number of halogens is 6. The van der Waals surface area contributed by atoms with Crippen molar-refractivity contribution in [2.75, 3.05) is 7.11 Å². The second-order valence-corrected chi connectivity index (χ2v) is 18.9. The second-order valence-electron chi connectivity index (χ2n) is 16.3. The average molecular weight is 1160 g/mol. The highest BCUT2D eigenvalue weighted by Gasteiger charge is 2.18. The van der Waals surface area contributed by atoms with Gasteiger partial charge in [-0.2, -0.15) is 0 Å². The molecule has 366 valence electrons. The molecule has 3 nitrogen and oxygen atoms in total. The maximum atomic E-state index is 14.4. The van der Waals surface area contributed by atoms with Crippen LogP contribution >= 0.6 is 47.8 Å². The lowest BCUT2D eigenvalue weighted by molar-refractivity contribution is 0.416. The van der Waals surface area contributed by atoms with Crippen molar-refractivity contribution in [3.8, 4) is 95.1 Å². The van der Waals surface area contributed by atoms with Crippen molar-refractivity contribution in [3.05, 3.63) is 255 Å². The van der Waals surface area contributed by atoms with Crippen LogP contribution in [-0.4, -0.2) is 17.3 Å². The number of phenolic OH excluding ortho intramolecular Hbond substituents is 2. The van der Waals surface area contributed by atoms with Crippen LogP contribution in [0.4, 0.5) is 13.2 Å². The summed E-state index contributed by atoms with van der Waals surface area (Å²) in [5.41, 5.74) is 11.9. The molecule has 73 heavy (non-hydrogen) atoms. The summed E-state index contributed by atoms with van der Waals surface area (Å²) in [6.07, 6.45) is 0. The van der Waals surface area contributed by atoms with Gasteiger partial charge in [-0.25, -0.2) is 13.2 Å². The minimum absolute atomic E-state index is 0.0560. The summed E-state index contributed by atoms with van der Waals surface area (Å²) >= 11 is 10.2. The second kappa shape index (κ2) is 25.5. The number of ether oxygens (including phenoxy) is 1. The fourth-order valence-electron chi connectivity index (χ4n) is 8.11. The number of rotatable bonds is 8. The molecule has 0 bridgehead atoms. The number of benzene rings is 10. The summed E-state index contributed by atoms with van der Waals surface area (Å²) < 4.78 is 50.1. The third-order valence-electron chi connectivity index (χ3n) is 11.7. The molecule has 10 aromatic rings. The van der Waals surface area contributed by atoms with Crippen LogP contribution in [0.1, 0.15) is 19.4 Å². The Labute approximate surface area is 450 Å². The van der Waals surface area contributed by atoms with Gasteiger partial charge in [-0.15, -0.1) is 0 Å². The quantitative estimate of drug-likeness (QED) is 0.159. The van der Waals surface area contributed by atoms with E-state index in [4.69, 9.17) is 4.74 Å². The first-order chi connectivity index (χ1) is 35.4. The van der Waals surface area contributed by atoms with Crippen molar-refractivity contribution in [2.45, 2.75) is 20.8 Å². The smallest absolute Gasteiger partial charge is 0.132 e. The SMILES string of the molecule is CC.COc1cc(-c2ccccc2)ccc1-c1c(F)cccc1Br.Cc1ccc(-c2cccc(-c3cccc(-c4c(F)cccc4Br)c3O)c2)cc1.Oc1ccc(-c2ccccc2)cc1-c1c(F)cccc1Br. The molecule has 0 atom stereocenters. The number of aryl methyl sites for hydroxylation is 1. The first-order valence-corrected chi connectivity index (χ1v) is 25.7. The maximum Gasteiger partial charge on any atom is 0.132 e. The molecule has 0 spiro atoms. The molecule has 10 aromatic carbocycles. The number of hydrogen-bond donors (Lipinski definition) is 2. The number of aromatic hydroxyl groups is 2. The number of hydrogen-bond acceptors (Lipinski definition) is 3. The Balaban J connectivity index is 0.000000160. The van der Waals surface area contributed by atoms with Gasteiger partial charge in [0.05, 0.1) is 7.11 Å². The van der Waals surface area contributed by atoms with Crippen molar-refractivity contribution in [1.82, 2.24) is 0 Å². The molecular weight excluding hydrogens is 1110 g/mol. The molecule has 0 aliphatic carbocycles. The Kier molecular flexibility index (Phi) is 18.7. The van der Waals surface area contributed by atoms with Crippen LogP contribution in [0.15, 0.2) is 232 Å². The van der Waals surface area contributed by atoms with Gasteiger partial charge in [0.15, 0.2) is 0 Å². The first kappa shape index (κ1) is 53.6. The molecule has 0 aromatic heterocycles. The van der Waals surface area contributed by atoms with Crippen molar-refractivity contribution in [1.29, 1.82) is 0 Å². The zero-order valence-electron chi connectivity index (χ0n) is 40.4. The van der Waals surface area contributed by atoms with Crippen LogP contribution in [0.5, 0.6) is 17.2 Å². The molecule has 2 N–H and O–H groups in total. The van der Waals surface area contributed by atoms with E-state index in [1.807, 2.05) is 141 Å². The lowest BCUT2D eigenvalue weighted by atomic mass is 9.94. The van der Waals surface area contributed by atoms with E-state index in [2.05, 4.69) is 79.0 Å². The summed E-state index contributed by atoms with van der Waals surface area (Å²) in [5, 5.41) is 21.1. The van der Waals surface area contributed by atoms with Gasteiger partial charge in [-0.3, -0.25) is 0 Å². The molecule has 10 rings (SSSR count). The highest BCUT2D eigenvalue weighted by Crippen LogP contribution is 2.44. The van der Waals surface area contributed by atoms with Gasteiger partial charge >= 0.3 is 0 Å². The van der Waals surface area contributed by atoms with E-state index in [9.17, 15) is 23.4 Å². The van der Waals surface area contributed by atoms with Gasteiger partial charge in [-0.1, -0.05) is 219 Å². The van der Waals surface area contributed by atoms with Crippen molar-refractivity contribution in [3.63, 3.8) is 0 Å². The van der Waals surface area contributed by atoms with Gasteiger partial charge in [0, 0.05) is 52.4 Å². The van der Waals surface area contributed by atoms with E-state index in [-0.39, 0.29) is 29.0 Å².